The molecule has 0 aliphatic heterocycles. The Morgan fingerprint density at radius 3 is 2.62 bits per heavy atom. The summed E-state index contributed by atoms with van der Waals surface area (Å²) in [7, 11) is 0. The van der Waals surface area contributed by atoms with Gasteiger partial charge in [-0.1, -0.05) is 38.6 Å². The first-order valence-corrected chi connectivity index (χ1v) is 9.00. The highest BCUT2D eigenvalue weighted by Gasteiger charge is 2.15. The molecule has 0 aromatic rings. The van der Waals surface area contributed by atoms with Gasteiger partial charge >= 0.3 is 0 Å². The van der Waals surface area contributed by atoms with Gasteiger partial charge in [0.25, 0.3) is 0 Å². The Morgan fingerprint density at radius 1 is 1.54 bits per heavy atom. The van der Waals surface area contributed by atoms with E-state index in [9.17, 15) is 0 Å². The van der Waals surface area contributed by atoms with Gasteiger partial charge in [-0.05, 0) is 24.6 Å². The van der Waals surface area contributed by atoms with Crippen molar-refractivity contribution >= 4 is 28.8 Å². The quantitative estimate of drug-likeness (QED) is 0.546. The zero-order valence-electron chi connectivity index (χ0n) is 8.66. The molecule has 2 atom stereocenters. The Labute approximate surface area is 90.9 Å². The standard InChI is InChI=1S/C8H20NOPS2/c1-4-6-7-10-11(9,12)13-8(3)5-2/h8H,4-7H2,1-3H3,(H2,9,12). The van der Waals surface area contributed by atoms with E-state index < -0.39 is 5.62 Å². The summed E-state index contributed by atoms with van der Waals surface area (Å²) in [6.45, 7) is 7.12. The summed E-state index contributed by atoms with van der Waals surface area (Å²) in [6, 6.07) is 0. The Bertz CT molecular complexity index is 178. The van der Waals surface area contributed by atoms with Crippen LogP contribution in [0.2, 0.25) is 0 Å². The monoisotopic (exact) mass is 241 g/mol. The second-order valence-corrected chi connectivity index (χ2v) is 9.98. The molecule has 0 spiro atoms. The summed E-state index contributed by atoms with van der Waals surface area (Å²) in [5, 5.41) is 0.512. The highest BCUT2D eigenvalue weighted by molar-refractivity contribution is 8.68. The van der Waals surface area contributed by atoms with Crippen molar-refractivity contribution in [3.63, 3.8) is 0 Å². The minimum absolute atomic E-state index is 0.512. The summed E-state index contributed by atoms with van der Waals surface area (Å²) in [4.78, 5) is 0. The van der Waals surface area contributed by atoms with E-state index in [2.05, 4.69) is 20.8 Å². The highest BCUT2D eigenvalue weighted by Crippen LogP contribution is 2.55. The molecule has 13 heavy (non-hydrogen) atoms. The largest absolute Gasteiger partial charge is 0.331 e. The average molecular weight is 241 g/mol. The van der Waals surface area contributed by atoms with Crippen molar-refractivity contribution in [1.29, 1.82) is 0 Å². The second-order valence-electron chi connectivity index (χ2n) is 3.05. The van der Waals surface area contributed by atoms with Crippen LogP contribution in [0.5, 0.6) is 0 Å². The van der Waals surface area contributed by atoms with Gasteiger partial charge in [0.2, 0.25) is 0 Å². The lowest BCUT2D eigenvalue weighted by Crippen LogP contribution is -2.02. The molecule has 0 aromatic carbocycles. The third-order valence-corrected chi connectivity index (χ3v) is 6.57. The molecule has 5 heteroatoms. The second kappa shape index (κ2) is 7.24. The Kier molecular flexibility index (Phi) is 7.76. The SMILES string of the molecule is CCCCOP(N)(=S)SC(C)CC. The van der Waals surface area contributed by atoms with Gasteiger partial charge in [0.05, 0.1) is 6.61 Å². The van der Waals surface area contributed by atoms with Crippen LogP contribution in [0.3, 0.4) is 0 Å². The lowest BCUT2D eigenvalue weighted by molar-refractivity contribution is 0.348. The van der Waals surface area contributed by atoms with Gasteiger partial charge in [-0.3, -0.25) is 5.50 Å². The van der Waals surface area contributed by atoms with Gasteiger partial charge in [0.15, 0.2) is 5.62 Å². The Balaban J connectivity index is 3.73. The minimum Gasteiger partial charge on any atom is -0.331 e. The van der Waals surface area contributed by atoms with Crippen LogP contribution in [0.25, 0.3) is 0 Å². The maximum Gasteiger partial charge on any atom is 0.183 e. The van der Waals surface area contributed by atoms with Crippen LogP contribution in [0.15, 0.2) is 0 Å². The maximum atomic E-state index is 5.90. The van der Waals surface area contributed by atoms with Crippen molar-refractivity contribution in [1.82, 2.24) is 0 Å². The van der Waals surface area contributed by atoms with Gasteiger partial charge < -0.3 is 4.52 Å². The molecule has 2 N–H and O–H groups in total. The third-order valence-electron chi connectivity index (χ3n) is 1.67. The number of nitrogens with two attached hydrogens (primary N) is 1. The lowest BCUT2D eigenvalue weighted by Gasteiger charge is -2.19. The van der Waals surface area contributed by atoms with E-state index in [0.717, 1.165) is 19.3 Å². The first-order valence-electron chi connectivity index (χ1n) is 4.73. The molecule has 0 aliphatic rings. The minimum atomic E-state index is -2.04. The van der Waals surface area contributed by atoms with Crippen molar-refractivity contribution in [3.8, 4) is 0 Å². The topological polar surface area (TPSA) is 35.2 Å². The average Bonchev–Trinajstić information content (AvgIpc) is 2.03. The molecule has 2 unspecified atom stereocenters. The van der Waals surface area contributed by atoms with Gasteiger partial charge in [0.1, 0.15) is 0 Å². The van der Waals surface area contributed by atoms with E-state index >= 15 is 0 Å². The van der Waals surface area contributed by atoms with Crippen molar-refractivity contribution in [2.75, 3.05) is 6.61 Å². The predicted molar refractivity (Wildman–Crippen MR) is 66.7 cm³/mol. The van der Waals surface area contributed by atoms with E-state index in [1.807, 2.05) is 0 Å². The molecule has 0 aromatic heterocycles. The fraction of sp³-hybridized carbons (Fsp3) is 1.00. The van der Waals surface area contributed by atoms with Crippen LogP contribution >= 0.6 is 17.0 Å². The molecule has 0 amide bonds. The van der Waals surface area contributed by atoms with Gasteiger partial charge in [0, 0.05) is 5.25 Å². The molecule has 0 aliphatic carbocycles. The van der Waals surface area contributed by atoms with Gasteiger partial charge in [-0.2, -0.15) is 0 Å². The Morgan fingerprint density at radius 2 is 2.15 bits per heavy atom. The molecule has 2 nitrogen and oxygen atoms in total. The first kappa shape index (κ1) is 13.9. The van der Waals surface area contributed by atoms with Crippen LogP contribution in [0.4, 0.5) is 0 Å². The predicted octanol–water partition coefficient (Wildman–Crippen LogP) is 3.52. The van der Waals surface area contributed by atoms with Crippen LogP contribution in [0, 0.1) is 0 Å². The summed E-state index contributed by atoms with van der Waals surface area (Å²) < 4.78 is 5.51. The van der Waals surface area contributed by atoms with Crippen molar-refractivity contribution < 1.29 is 4.52 Å². The molecule has 0 bridgehead atoms. The smallest absolute Gasteiger partial charge is 0.183 e. The normalized spacial score (nSPS) is 18.2. The molecule has 0 radical (unpaired) electrons. The van der Waals surface area contributed by atoms with Crippen LogP contribution in [-0.4, -0.2) is 11.9 Å². The zero-order chi connectivity index (χ0) is 10.3. The highest BCUT2D eigenvalue weighted by atomic mass is 32.9. The van der Waals surface area contributed by atoms with E-state index in [1.54, 1.807) is 11.4 Å². The molecule has 0 fully saturated rings. The molecule has 0 saturated carbocycles. The van der Waals surface area contributed by atoms with Crippen molar-refractivity contribution in [2.24, 2.45) is 5.50 Å². The van der Waals surface area contributed by atoms with E-state index in [1.165, 1.54) is 0 Å². The molecule has 80 valence electrons. The molecule has 0 heterocycles. The summed E-state index contributed by atoms with van der Waals surface area (Å²) >= 11 is 6.86. The van der Waals surface area contributed by atoms with Crippen LogP contribution in [0.1, 0.15) is 40.0 Å². The van der Waals surface area contributed by atoms with Gasteiger partial charge in [-0.15, -0.1) is 0 Å². The maximum absolute atomic E-state index is 5.90. The fourth-order valence-corrected chi connectivity index (χ4v) is 5.69. The third kappa shape index (κ3) is 7.95. The van der Waals surface area contributed by atoms with Crippen molar-refractivity contribution in [3.05, 3.63) is 0 Å². The van der Waals surface area contributed by atoms with Crippen LogP contribution in [-0.2, 0) is 16.3 Å². The number of hydrogen-bond donors (Lipinski definition) is 1. The molecule has 0 rings (SSSR count). The zero-order valence-corrected chi connectivity index (χ0v) is 11.2. The molecular formula is C8H20NOPS2. The van der Waals surface area contributed by atoms with Crippen molar-refractivity contribution in [2.45, 2.75) is 45.3 Å². The Hall–Kier alpha value is 0.920. The fourth-order valence-electron chi connectivity index (χ4n) is 0.692. The summed E-state index contributed by atoms with van der Waals surface area (Å²) in [5.41, 5.74) is 3.86. The number of hydrogen-bond acceptors (Lipinski definition) is 3. The van der Waals surface area contributed by atoms with E-state index in [4.69, 9.17) is 21.8 Å². The molecular weight excluding hydrogens is 221 g/mol. The van der Waals surface area contributed by atoms with E-state index in [-0.39, 0.29) is 0 Å². The number of rotatable bonds is 7. The van der Waals surface area contributed by atoms with Crippen LogP contribution < -0.4 is 5.50 Å². The lowest BCUT2D eigenvalue weighted by atomic mass is 10.4. The molecule has 0 saturated heterocycles. The number of unbranched alkanes of at least 4 members (excludes halogenated alkanes) is 1. The van der Waals surface area contributed by atoms with Gasteiger partial charge in [-0.25, -0.2) is 0 Å². The van der Waals surface area contributed by atoms with E-state index in [0.29, 0.717) is 11.9 Å². The summed E-state index contributed by atoms with van der Waals surface area (Å²) in [6.07, 6.45) is 3.28. The first-order chi connectivity index (χ1) is 6.02. The summed E-state index contributed by atoms with van der Waals surface area (Å²) in [5.74, 6) is 0.